The number of aromatic nitrogens is 2. The molecule has 1 fully saturated rings. The van der Waals surface area contributed by atoms with Crippen LogP contribution in [-0.2, 0) is 21.9 Å². The van der Waals surface area contributed by atoms with E-state index in [2.05, 4.69) is 15.3 Å². The van der Waals surface area contributed by atoms with Crippen molar-refractivity contribution < 1.29 is 35.9 Å². The quantitative estimate of drug-likeness (QED) is 0.407. The van der Waals surface area contributed by atoms with Gasteiger partial charge in [0.1, 0.15) is 17.2 Å². The molecule has 6 nitrogen and oxygen atoms in total. The molecule has 0 saturated carbocycles. The molecule has 1 aromatic carbocycles. The van der Waals surface area contributed by atoms with Crippen molar-refractivity contribution in [1.29, 1.82) is 0 Å². The number of anilines is 2. The predicted octanol–water partition coefficient (Wildman–Crippen LogP) is 4.08. The molecular formula is C18H16F6N4O2S. The Morgan fingerprint density at radius 2 is 1.61 bits per heavy atom. The highest BCUT2D eigenvalue weighted by atomic mass is 32.2. The van der Waals surface area contributed by atoms with Gasteiger partial charge in [0, 0.05) is 24.8 Å². The summed E-state index contributed by atoms with van der Waals surface area (Å²) < 4.78 is 82.8. The van der Waals surface area contributed by atoms with Gasteiger partial charge in [-0.2, -0.15) is 26.3 Å². The summed E-state index contributed by atoms with van der Waals surface area (Å²) in [7, 11) is 0. The van der Waals surface area contributed by atoms with E-state index in [0.717, 1.165) is 11.8 Å². The molecule has 13 heteroatoms. The van der Waals surface area contributed by atoms with Gasteiger partial charge in [0.2, 0.25) is 5.91 Å². The van der Waals surface area contributed by atoms with E-state index in [0.29, 0.717) is 49.3 Å². The van der Waals surface area contributed by atoms with Gasteiger partial charge in [-0.3, -0.25) is 4.79 Å². The summed E-state index contributed by atoms with van der Waals surface area (Å²) in [5.41, 5.74) is -3.60. The first-order chi connectivity index (χ1) is 14.5. The molecule has 168 valence electrons. The molecule has 31 heavy (non-hydrogen) atoms. The van der Waals surface area contributed by atoms with Crippen molar-refractivity contribution in [1.82, 2.24) is 9.97 Å². The minimum absolute atomic E-state index is 0.00153. The zero-order valence-electron chi connectivity index (χ0n) is 15.8. The molecule has 1 amide bonds. The highest BCUT2D eigenvalue weighted by Gasteiger charge is 2.37. The second kappa shape index (κ2) is 9.30. The van der Waals surface area contributed by atoms with Crippen molar-refractivity contribution in [3.63, 3.8) is 0 Å². The normalized spacial score (nSPS) is 15.1. The Morgan fingerprint density at radius 3 is 2.19 bits per heavy atom. The second-order valence-electron chi connectivity index (χ2n) is 6.45. The summed E-state index contributed by atoms with van der Waals surface area (Å²) >= 11 is 0.980. The number of nitrogens with zero attached hydrogens (tertiary/aromatic N) is 3. The van der Waals surface area contributed by atoms with Crippen LogP contribution in [0.3, 0.4) is 0 Å². The van der Waals surface area contributed by atoms with Crippen LogP contribution < -0.4 is 10.2 Å². The van der Waals surface area contributed by atoms with E-state index in [9.17, 15) is 31.1 Å². The Bertz CT molecular complexity index is 900. The summed E-state index contributed by atoms with van der Waals surface area (Å²) in [5.74, 6) is -0.408. The minimum atomic E-state index is -4.99. The van der Waals surface area contributed by atoms with Crippen molar-refractivity contribution in [3.05, 3.63) is 41.7 Å². The Morgan fingerprint density at radius 1 is 1.00 bits per heavy atom. The molecule has 2 heterocycles. The maximum absolute atomic E-state index is 12.9. The first kappa shape index (κ1) is 23.1. The maximum Gasteiger partial charge on any atom is 0.416 e. The highest BCUT2D eigenvalue weighted by Crippen LogP contribution is 2.37. The number of hydrogen-bond acceptors (Lipinski definition) is 6. The van der Waals surface area contributed by atoms with Crippen molar-refractivity contribution in [2.75, 3.05) is 42.3 Å². The zero-order valence-corrected chi connectivity index (χ0v) is 16.6. The van der Waals surface area contributed by atoms with Crippen molar-refractivity contribution in [2.24, 2.45) is 0 Å². The lowest BCUT2D eigenvalue weighted by molar-refractivity contribution is -0.143. The molecular weight excluding hydrogens is 450 g/mol. The topological polar surface area (TPSA) is 67.4 Å². The number of thioether (sulfide) groups is 1. The zero-order chi connectivity index (χ0) is 22.6. The highest BCUT2D eigenvalue weighted by molar-refractivity contribution is 7.99. The fourth-order valence-electron chi connectivity index (χ4n) is 2.74. The van der Waals surface area contributed by atoms with Crippen molar-refractivity contribution in [2.45, 2.75) is 17.4 Å². The summed E-state index contributed by atoms with van der Waals surface area (Å²) in [6.07, 6.45) is -8.67. The largest absolute Gasteiger partial charge is 0.416 e. The standard InChI is InChI=1S/C18H16F6N4O2S/c19-17(20,21)11-5-12(18(22,23)24)7-13(6-11)27-15(29)9-31-16-8-14(25-10-26-16)28-1-3-30-4-2-28/h5-8,10H,1-4,9H2,(H,27,29). The summed E-state index contributed by atoms with van der Waals surface area (Å²) in [5, 5.41) is 2.52. The van der Waals surface area contributed by atoms with Gasteiger partial charge in [-0.15, -0.1) is 0 Å². The van der Waals surface area contributed by atoms with Gasteiger partial charge < -0.3 is 15.0 Å². The number of hydrogen-bond donors (Lipinski definition) is 1. The number of carbonyl (C=O) groups excluding carboxylic acids is 1. The van der Waals surface area contributed by atoms with Crippen molar-refractivity contribution in [3.8, 4) is 0 Å². The summed E-state index contributed by atoms with van der Waals surface area (Å²) in [4.78, 5) is 22.3. The van der Waals surface area contributed by atoms with E-state index in [4.69, 9.17) is 4.74 Å². The van der Waals surface area contributed by atoms with Gasteiger partial charge in [0.15, 0.2) is 0 Å². The minimum Gasteiger partial charge on any atom is -0.378 e. The smallest absolute Gasteiger partial charge is 0.378 e. The lowest BCUT2D eigenvalue weighted by Crippen LogP contribution is -2.36. The SMILES string of the molecule is O=C(CSc1cc(N2CCOCC2)ncn1)Nc1cc(C(F)(F)F)cc(C(F)(F)F)c1. The van der Waals surface area contributed by atoms with Crippen LogP contribution >= 0.6 is 11.8 Å². The second-order valence-corrected chi connectivity index (χ2v) is 7.44. The molecule has 2 aromatic rings. The number of halogens is 6. The van der Waals surface area contributed by atoms with Crippen LogP contribution in [-0.4, -0.2) is 47.9 Å². The van der Waals surface area contributed by atoms with E-state index in [-0.39, 0.29) is 11.8 Å². The molecule has 0 radical (unpaired) electrons. The van der Waals surface area contributed by atoms with Crippen LogP contribution in [0.2, 0.25) is 0 Å². The first-order valence-corrected chi connectivity index (χ1v) is 9.88. The molecule has 1 aromatic heterocycles. The van der Waals surface area contributed by atoms with Crippen LogP contribution in [0.15, 0.2) is 35.6 Å². The molecule has 0 unspecified atom stereocenters. The lowest BCUT2D eigenvalue weighted by Gasteiger charge is -2.27. The number of carbonyl (C=O) groups is 1. The summed E-state index contributed by atoms with van der Waals surface area (Å²) in [6.45, 7) is 2.37. The number of amides is 1. The average molecular weight is 466 g/mol. The molecule has 0 bridgehead atoms. The van der Waals surface area contributed by atoms with Gasteiger partial charge in [0.25, 0.3) is 0 Å². The van der Waals surface area contributed by atoms with E-state index in [1.54, 1.807) is 6.07 Å². The van der Waals surface area contributed by atoms with Gasteiger partial charge in [0.05, 0.1) is 30.1 Å². The molecule has 0 spiro atoms. The molecule has 1 saturated heterocycles. The Kier molecular flexibility index (Phi) is 6.94. The molecule has 1 aliphatic rings. The third-order valence-corrected chi connectivity index (χ3v) is 5.11. The van der Waals surface area contributed by atoms with Gasteiger partial charge in [-0.05, 0) is 18.2 Å². The molecule has 0 atom stereocenters. The van der Waals surface area contributed by atoms with Crippen LogP contribution in [0.25, 0.3) is 0 Å². The first-order valence-electron chi connectivity index (χ1n) is 8.89. The van der Waals surface area contributed by atoms with Gasteiger partial charge in [-0.1, -0.05) is 11.8 Å². The van der Waals surface area contributed by atoms with Crippen LogP contribution in [0.5, 0.6) is 0 Å². The number of rotatable bonds is 5. The lowest BCUT2D eigenvalue weighted by atomic mass is 10.1. The Hall–Kier alpha value is -2.54. The molecule has 0 aliphatic carbocycles. The Labute approximate surface area is 177 Å². The molecule has 3 rings (SSSR count). The van der Waals surface area contributed by atoms with Crippen molar-refractivity contribution >= 4 is 29.2 Å². The Balaban J connectivity index is 1.67. The fraction of sp³-hybridized carbons (Fsp3) is 0.389. The van der Waals surface area contributed by atoms with Gasteiger partial charge >= 0.3 is 12.4 Å². The van der Waals surface area contributed by atoms with Crippen LogP contribution in [0.4, 0.5) is 37.8 Å². The number of morpholine rings is 1. The van der Waals surface area contributed by atoms with Gasteiger partial charge in [-0.25, -0.2) is 9.97 Å². The predicted molar refractivity (Wildman–Crippen MR) is 101 cm³/mol. The van der Waals surface area contributed by atoms with E-state index >= 15 is 0 Å². The van der Waals surface area contributed by atoms with Crippen LogP contribution in [0.1, 0.15) is 11.1 Å². The number of ether oxygens (including phenoxy) is 1. The average Bonchev–Trinajstić information content (AvgIpc) is 2.72. The number of benzene rings is 1. The molecule has 1 N–H and O–H groups in total. The number of nitrogens with one attached hydrogen (secondary N) is 1. The fourth-order valence-corrected chi connectivity index (χ4v) is 3.40. The van der Waals surface area contributed by atoms with Crippen LogP contribution in [0, 0.1) is 0 Å². The molecule has 1 aliphatic heterocycles. The maximum atomic E-state index is 12.9. The van der Waals surface area contributed by atoms with E-state index < -0.39 is 35.1 Å². The van der Waals surface area contributed by atoms with E-state index in [1.165, 1.54) is 6.33 Å². The summed E-state index contributed by atoms with van der Waals surface area (Å²) in [6, 6.07) is 2.56. The monoisotopic (exact) mass is 466 g/mol. The number of alkyl halides is 6. The third-order valence-electron chi connectivity index (χ3n) is 4.19. The third kappa shape index (κ3) is 6.47. The van der Waals surface area contributed by atoms with E-state index in [1.807, 2.05) is 4.90 Å².